The summed E-state index contributed by atoms with van der Waals surface area (Å²) in [6.07, 6.45) is 4.29. The highest BCUT2D eigenvalue weighted by Gasteiger charge is 2.24. The number of aromatic nitrogens is 3. The Balaban J connectivity index is 1.67. The van der Waals surface area contributed by atoms with Crippen molar-refractivity contribution < 1.29 is 4.39 Å². The van der Waals surface area contributed by atoms with Crippen molar-refractivity contribution in [1.29, 1.82) is 5.26 Å². The molecular weight excluding hydrogens is 317 g/mol. The molecule has 1 aromatic carbocycles. The maximum atomic E-state index is 13.1. The van der Waals surface area contributed by atoms with E-state index in [1.54, 1.807) is 24.7 Å². The van der Waals surface area contributed by atoms with Gasteiger partial charge in [-0.3, -0.25) is 0 Å². The molecule has 0 fully saturated rings. The third kappa shape index (κ3) is 2.64. The van der Waals surface area contributed by atoms with Gasteiger partial charge in [-0.15, -0.1) is 0 Å². The Morgan fingerprint density at radius 2 is 1.96 bits per heavy atom. The third-order valence-electron chi connectivity index (χ3n) is 4.57. The molecule has 0 atom stereocenters. The van der Waals surface area contributed by atoms with Crippen molar-refractivity contribution in [3.8, 4) is 11.8 Å². The van der Waals surface area contributed by atoms with E-state index >= 15 is 0 Å². The number of pyridine rings is 1. The van der Waals surface area contributed by atoms with Crippen LogP contribution < -0.4 is 4.90 Å². The second-order valence-electron chi connectivity index (χ2n) is 6.09. The Kier molecular flexibility index (Phi) is 3.69. The Morgan fingerprint density at radius 3 is 2.72 bits per heavy atom. The van der Waals surface area contributed by atoms with Crippen LogP contribution in [0.1, 0.15) is 22.5 Å². The highest BCUT2D eigenvalue weighted by molar-refractivity contribution is 5.58. The van der Waals surface area contributed by atoms with Crippen LogP contribution in [0.5, 0.6) is 0 Å². The van der Waals surface area contributed by atoms with Crippen molar-refractivity contribution in [2.75, 3.05) is 11.4 Å². The van der Waals surface area contributed by atoms with Crippen LogP contribution in [-0.4, -0.2) is 21.1 Å². The molecule has 25 heavy (non-hydrogen) atoms. The highest BCUT2D eigenvalue weighted by Crippen LogP contribution is 2.27. The summed E-state index contributed by atoms with van der Waals surface area (Å²) in [5, 5.41) is 9.43. The normalized spacial score (nSPS) is 13.4. The molecule has 0 saturated carbocycles. The van der Waals surface area contributed by atoms with Crippen LogP contribution in [0.15, 0.2) is 42.9 Å². The van der Waals surface area contributed by atoms with Gasteiger partial charge in [0, 0.05) is 30.5 Å². The van der Waals surface area contributed by atoms with E-state index in [0.29, 0.717) is 17.9 Å². The molecule has 124 valence electrons. The number of hydrogen-bond acceptors (Lipinski definition) is 4. The Morgan fingerprint density at radius 1 is 1.16 bits per heavy atom. The van der Waals surface area contributed by atoms with Crippen LogP contribution >= 0.6 is 0 Å². The molecule has 6 heteroatoms. The maximum absolute atomic E-state index is 13.1. The molecule has 0 aliphatic carbocycles. The number of anilines is 1. The van der Waals surface area contributed by atoms with Gasteiger partial charge in [-0.1, -0.05) is 0 Å². The van der Waals surface area contributed by atoms with Crippen molar-refractivity contribution in [3.63, 3.8) is 0 Å². The summed E-state index contributed by atoms with van der Waals surface area (Å²) in [7, 11) is 0. The second-order valence-corrected chi connectivity index (χ2v) is 6.09. The molecule has 1 aliphatic rings. The lowest BCUT2D eigenvalue weighted by molar-refractivity contribution is 0.627. The first-order chi connectivity index (χ1) is 12.2. The monoisotopic (exact) mass is 333 g/mol. The van der Waals surface area contributed by atoms with Gasteiger partial charge in [-0.05, 0) is 42.8 Å². The van der Waals surface area contributed by atoms with Crippen molar-refractivity contribution in [3.05, 3.63) is 71.2 Å². The van der Waals surface area contributed by atoms with Gasteiger partial charge in [0.05, 0.1) is 24.1 Å². The van der Waals surface area contributed by atoms with Gasteiger partial charge >= 0.3 is 0 Å². The summed E-state index contributed by atoms with van der Waals surface area (Å²) in [6.45, 7) is 3.28. The summed E-state index contributed by atoms with van der Waals surface area (Å²) < 4.78 is 15.1. The minimum atomic E-state index is -0.251. The van der Waals surface area contributed by atoms with Gasteiger partial charge in [-0.2, -0.15) is 5.26 Å². The largest absolute Gasteiger partial charge is 0.349 e. The molecular formula is C19H16FN5. The Bertz CT molecular complexity index is 968. The minimum Gasteiger partial charge on any atom is -0.349 e. The van der Waals surface area contributed by atoms with E-state index in [2.05, 4.69) is 20.9 Å². The van der Waals surface area contributed by atoms with E-state index in [9.17, 15) is 9.65 Å². The van der Waals surface area contributed by atoms with Gasteiger partial charge < -0.3 is 9.47 Å². The Labute approximate surface area is 145 Å². The average molecular weight is 333 g/mol. The van der Waals surface area contributed by atoms with Crippen molar-refractivity contribution >= 4 is 5.82 Å². The average Bonchev–Trinajstić information content (AvgIpc) is 3.05. The van der Waals surface area contributed by atoms with E-state index in [1.807, 2.05) is 17.6 Å². The lowest BCUT2D eigenvalue weighted by atomic mass is 10.1. The zero-order valence-electron chi connectivity index (χ0n) is 13.8. The number of nitrogens with zero attached hydrogens (tertiary/aromatic N) is 5. The van der Waals surface area contributed by atoms with Crippen LogP contribution in [0.3, 0.4) is 0 Å². The molecule has 0 radical (unpaired) electrons. The SMILES string of the molecule is Cc1ccnc(N2CCc3c(ncn3-c3ccc(F)cc3)C2)c1C#N. The predicted octanol–water partition coefficient (Wildman–Crippen LogP) is 3.15. The molecule has 2 aromatic heterocycles. The fourth-order valence-corrected chi connectivity index (χ4v) is 3.24. The Hall–Kier alpha value is -3.20. The number of imidazole rings is 1. The minimum absolute atomic E-state index is 0.251. The fraction of sp³-hybridized carbons (Fsp3) is 0.211. The topological polar surface area (TPSA) is 57.7 Å². The molecule has 5 nitrogen and oxygen atoms in total. The predicted molar refractivity (Wildman–Crippen MR) is 92.0 cm³/mol. The number of benzene rings is 1. The van der Waals surface area contributed by atoms with Crippen molar-refractivity contribution in [2.24, 2.45) is 0 Å². The lowest BCUT2D eigenvalue weighted by Crippen LogP contribution is -2.32. The summed E-state index contributed by atoms with van der Waals surface area (Å²) in [5.74, 6) is 0.461. The molecule has 0 bridgehead atoms. The van der Waals surface area contributed by atoms with E-state index in [-0.39, 0.29) is 5.82 Å². The van der Waals surface area contributed by atoms with Crippen LogP contribution in [0.25, 0.3) is 5.69 Å². The highest BCUT2D eigenvalue weighted by atomic mass is 19.1. The molecule has 0 amide bonds. The van der Waals surface area contributed by atoms with E-state index in [4.69, 9.17) is 0 Å². The summed E-state index contributed by atoms with van der Waals surface area (Å²) in [6, 6.07) is 10.5. The van der Waals surface area contributed by atoms with E-state index < -0.39 is 0 Å². The summed E-state index contributed by atoms with van der Waals surface area (Å²) >= 11 is 0. The quantitative estimate of drug-likeness (QED) is 0.723. The van der Waals surface area contributed by atoms with Crippen LogP contribution in [0.4, 0.5) is 10.2 Å². The van der Waals surface area contributed by atoms with Gasteiger partial charge in [0.2, 0.25) is 0 Å². The van der Waals surface area contributed by atoms with Gasteiger partial charge in [0.15, 0.2) is 0 Å². The van der Waals surface area contributed by atoms with Gasteiger partial charge in [-0.25, -0.2) is 14.4 Å². The second kappa shape index (κ2) is 6.02. The number of aryl methyl sites for hydroxylation is 1. The summed E-state index contributed by atoms with van der Waals surface area (Å²) in [4.78, 5) is 11.0. The molecule has 0 spiro atoms. The van der Waals surface area contributed by atoms with Crippen LogP contribution in [-0.2, 0) is 13.0 Å². The first-order valence-electron chi connectivity index (χ1n) is 8.09. The number of rotatable bonds is 2. The van der Waals surface area contributed by atoms with Gasteiger partial charge in [0.25, 0.3) is 0 Å². The lowest BCUT2D eigenvalue weighted by Gasteiger charge is -2.29. The standard InChI is InChI=1S/C19H16FN5/c1-13-6-8-22-19(16(13)10-21)24-9-7-18-17(11-24)23-12-25(18)15-4-2-14(20)3-5-15/h2-6,8,12H,7,9,11H2,1H3. The number of halogens is 1. The first-order valence-corrected chi connectivity index (χ1v) is 8.09. The van der Waals surface area contributed by atoms with Crippen LogP contribution in [0, 0.1) is 24.1 Å². The van der Waals surface area contributed by atoms with Gasteiger partial charge in [0.1, 0.15) is 17.7 Å². The number of hydrogen-bond donors (Lipinski definition) is 0. The molecule has 3 aromatic rings. The molecule has 0 saturated heterocycles. The number of nitriles is 1. The fourth-order valence-electron chi connectivity index (χ4n) is 3.24. The van der Waals surface area contributed by atoms with Crippen LogP contribution in [0.2, 0.25) is 0 Å². The van der Waals surface area contributed by atoms with E-state index in [0.717, 1.165) is 35.6 Å². The van der Waals surface area contributed by atoms with E-state index in [1.165, 1.54) is 12.1 Å². The molecule has 0 unspecified atom stereocenters. The molecule has 4 rings (SSSR count). The number of fused-ring (bicyclic) bond motifs is 1. The first kappa shape index (κ1) is 15.3. The molecule has 3 heterocycles. The zero-order valence-corrected chi connectivity index (χ0v) is 13.8. The van der Waals surface area contributed by atoms with Crippen molar-refractivity contribution in [1.82, 2.24) is 14.5 Å². The molecule has 1 aliphatic heterocycles. The third-order valence-corrected chi connectivity index (χ3v) is 4.57. The zero-order chi connectivity index (χ0) is 17.4. The maximum Gasteiger partial charge on any atom is 0.147 e. The smallest absolute Gasteiger partial charge is 0.147 e. The summed E-state index contributed by atoms with van der Waals surface area (Å²) in [5.41, 5.74) is 4.52. The van der Waals surface area contributed by atoms with Crippen molar-refractivity contribution in [2.45, 2.75) is 19.9 Å². The molecule has 0 N–H and O–H groups in total.